The van der Waals surface area contributed by atoms with Crippen LogP contribution in [0.15, 0.2) is 30.3 Å². The molecule has 15 heavy (non-hydrogen) atoms. The minimum Gasteiger partial charge on any atom is -0.319 e. The van der Waals surface area contributed by atoms with Gasteiger partial charge >= 0.3 is 0 Å². The predicted molar refractivity (Wildman–Crippen MR) is 65.1 cm³/mol. The molecule has 0 aliphatic heterocycles. The van der Waals surface area contributed by atoms with Gasteiger partial charge in [0.2, 0.25) is 0 Å². The third-order valence-corrected chi connectivity index (χ3v) is 3.73. The molecule has 1 aromatic rings. The zero-order chi connectivity index (χ0) is 10.7. The van der Waals surface area contributed by atoms with Gasteiger partial charge in [0.15, 0.2) is 0 Å². The van der Waals surface area contributed by atoms with Crippen LogP contribution < -0.4 is 5.32 Å². The molecule has 0 amide bonds. The fraction of sp³-hybridized carbons (Fsp3) is 0.571. The lowest BCUT2D eigenvalue weighted by Crippen LogP contribution is -2.18. The third kappa shape index (κ3) is 1.93. The Kier molecular flexibility index (Phi) is 3.11. The first kappa shape index (κ1) is 10.7. The van der Waals surface area contributed by atoms with Gasteiger partial charge in [-0.25, -0.2) is 0 Å². The number of hydrogen-bond acceptors (Lipinski definition) is 1. The number of hydrogen-bond donors (Lipinski definition) is 1. The standard InChI is InChI=1S/C14H21N/c1-3-9-14(10-13(14)11-15-2)12-7-5-4-6-8-12/h4-8,13,15H,3,9-11H2,1-2H3. The van der Waals surface area contributed by atoms with Crippen molar-refractivity contribution in [1.29, 1.82) is 0 Å². The van der Waals surface area contributed by atoms with E-state index < -0.39 is 0 Å². The Morgan fingerprint density at radius 1 is 1.33 bits per heavy atom. The lowest BCUT2D eigenvalue weighted by atomic mass is 9.89. The second-order valence-corrected chi connectivity index (χ2v) is 4.73. The Balaban J connectivity index is 2.16. The summed E-state index contributed by atoms with van der Waals surface area (Å²) in [5.74, 6) is 0.852. The highest BCUT2D eigenvalue weighted by Gasteiger charge is 2.53. The Bertz CT molecular complexity index is 306. The summed E-state index contributed by atoms with van der Waals surface area (Å²) in [5.41, 5.74) is 2.05. The fourth-order valence-corrected chi connectivity index (χ4v) is 2.91. The second-order valence-electron chi connectivity index (χ2n) is 4.73. The smallest absolute Gasteiger partial charge is 0.000303 e. The molecule has 82 valence electrons. The predicted octanol–water partition coefficient (Wildman–Crippen LogP) is 2.96. The third-order valence-electron chi connectivity index (χ3n) is 3.73. The monoisotopic (exact) mass is 203 g/mol. The average molecular weight is 203 g/mol. The van der Waals surface area contributed by atoms with E-state index in [0.717, 1.165) is 12.5 Å². The molecule has 1 aliphatic rings. The van der Waals surface area contributed by atoms with Crippen LogP contribution in [0.3, 0.4) is 0 Å². The van der Waals surface area contributed by atoms with Gasteiger partial charge in [-0.05, 0) is 43.3 Å². The van der Waals surface area contributed by atoms with E-state index in [1.165, 1.54) is 19.3 Å². The number of benzene rings is 1. The summed E-state index contributed by atoms with van der Waals surface area (Å²) >= 11 is 0. The SMILES string of the molecule is CCCC1(c2ccccc2)CC1CNC. The van der Waals surface area contributed by atoms with Gasteiger partial charge < -0.3 is 5.32 Å². The van der Waals surface area contributed by atoms with E-state index in [1.54, 1.807) is 5.56 Å². The van der Waals surface area contributed by atoms with E-state index in [9.17, 15) is 0 Å². The van der Waals surface area contributed by atoms with Crippen LogP contribution in [0.5, 0.6) is 0 Å². The molecule has 0 radical (unpaired) electrons. The Morgan fingerprint density at radius 2 is 2.07 bits per heavy atom. The van der Waals surface area contributed by atoms with Crippen LogP contribution >= 0.6 is 0 Å². The van der Waals surface area contributed by atoms with Crippen molar-refractivity contribution in [1.82, 2.24) is 5.32 Å². The largest absolute Gasteiger partial charge is 0.319 e. The first-order valence-corrected chi connectivity index (χ1v) is 6.03. The first-order chi connectivity index (χ1) is 7.33. The molecule has 1 saturated carbocycles. The number of nitrogens with one attached hydrogen (secondary N) is 1. The molecule has 0 aromatic heterocycles. The molecule has 1 fully saturated rings. The molecule has 1 heteroatoms. The van der Waals surface area contributed by atoms with Crippen LogP contribution in [-0.4, -0.2) is 13.6 Å². The van der Waals surface area contributed by atoms with E-state index in [0.29, 0.717) is 5.41 Å². The summed E-state index contributed by atoms with van der Waals surface area (Å²) < 4.78 is 0. The van der Waals surface area contributed by atoms with Crippen LogP contribution in [0.25, 0.3) is 0 Å². The van der Waals surface area contributed by atoms with Crippen molar-refractivity contribution >= 4 is 0 Å². The van der Waals surface area contributed by atoms with Gasteiger partial charge in [0.05, 0.1) is 0 Å². The van der Waals surface area contributed by atoms with Gasteiger partial charge in [-0.1, -0.05) is 43.7 Å². The van der Waals surface area contributed by atoms with Crippen molar-refractivity contribution in [3.63, 3.8) is 0 Å². The van der Waals surface area contributed by atoms with Gasteiger partial charge in [0, 0.05) is 0 Å². The van der Waals surface area contributed by atoms with Crippen molar-refractivity contribution in [3.8, 4) is 0 Å². The van der Waals surface area contributed by atoms with Crippen molar-refractivity contribution in [2.24, 2.45) is 5.92 Å². The molecule has 2 unspecified atom stereocenters. The zero-order valence-electron chi connectivity index (χ0n) is 9.79. The molecule has 1 aliphatic carbocycles. The summed E-state index contributed by atoms with van der Waals surface area (Å²) in [6.45, 7) is 3.45. The maximum absolute atomic E-state index is 3.31. The lowest BCUT2D eigenvalue weighted by Gasteiger charge is -2.17. The highest BCUT2D eigenvalue weighted by atomic mass is 14.8. The highest BCUT2D eigenvalue weighted by molar-refractivity contribution is 5.33. The van der Waals surface area contributed by atoms with Gasteiger partial charge in [-0.3, -0.25) is 0 Å². The zero-order valence-corrected chi connectivity index (χ0v) is 9.79. The van der Waals surface area contributed by atoms with Crippen LogP contribution in [0.4, 0.5) is 0 Å². The topological polar surface area (TPSA) is 12.0 Å². The van der Waals surface area contributed by atoms with E-state index in [2.05, 4.69) is 49.6 Å². The molecule has 1 nitrogen and oxygen atoms in total. The van der Waals surface area contributed by atoms with Crippen LogP contribution in [-0.2, 0) is 5.41 Å². The first-order valence-electron chi connectivity index (χ1n) is 6.03. The lowest BCUT2D eigenvalue weighted by molar-refractivity contribution is 0.530. The van der Waals surface area contributed by atoms with Crippen molar-refractivity contribution in [3.05, 3.63) is 35.9 Å². The van der Waals surface area contributed by atoms with Gasteiger partial charge in [0.25, 0.3) is 0 Å². The van der Waals surface area contributed by atoms with Crippen molar-refractivity contribution in [2.75, 3.05) is 13.6 Å². The summed E-state index contributed by atoms with van der Waals surface area (Å²) in [6.07, 6.45) is 3.99. The molecule has 1 aromatic carbocycles. The van der Waals surface area contributed by atoms with Crippen LogP contribution in [0.2, 0.25) is 0 Å². The molecular formula is C14H21N. The molecule has 0 heterocycles. The van der Waals surface area contributed by atoms with Gasteiger partial charge in [-0.2, -0.15) is 0 Å². The summed E-state index contributed by atoms with van der Waals surface area (Å²) in [4.78, 5) is 0. The fourth-order valence-electron chi connectivity index (χ4n) is 2.91. The second kappa shape index (κ2) is 4.36. The summed E-state index contributed by atoms with van der Waals surface area (Å²) in [6, 6.07) is 11.0. The Labute approximate surface area is 92.9 Å². The quantitative estimate of drug-likeness (QED) is 0.776. The summed E-state index contributed by atoms with van der Waals surface area (Å²) in [7, 11) is 2.06. The van der Waals surface area contributed by atoms with E-state index in [4.69, 9.17) is 0 Å². The van der Waals surface area contributed by atoms with Crippen molar-refractivity contribution in [2.45, 2.75) is 31.6 Å². The molecular weight excluding hydrogens is 182 g/mol. The Morgan fingerprint density at radius 3 is 2.67 bits per heavy atom. The maximum atomic E-state index is 3.31. The normalized spacial score (nSPS) is 29.1. The summed E-state index contributed by atoms with van der Waals surface area (Å²) in [5, 5.41) is 3.31. The maximum Gasteiger partial charge on any atom is -0.000303 e. The molecule has 0 saturated heterocycles. The van der Waals surface area contributed by atoms with E-state index in [-0.39, 0.29) is 0 Å². The Hall–Kier alpha value is -0.820. The van der Waals surface area contributed by atoms with Crippen LogP contribution in [0.1, 0.15) is 31.7 Å². The van der Waals surface area contributed by atoms with E-state index >= 15 is 0 Å². The average Bonchev–Trinajstić information content (AvgIpc) is 2.95. The van der Waals surface area contributed by atoms with Crippen molar-refractivity contribution < 1.29 is 0 Å². The molecule has 0 spiro atoms. The minimum absolute atomic E-state index is 0.499. The minimum atomic E-state index is 0.499. The highest BCUT2D eigenvalue weighted by Crippen LogP contribution is 2.56. The van der Waals surface area contributed by atoms with Gasteiger partial charge in [-0.15, -0.1) is 0 Å². The van der Waals surface area contributed by atoms with Gasteiger partial charge in [0.1, 0.15) is 0 Å². The van der Waals surface area contributed by atoms with Crippen LogP contribution in [0, 0.1) is 5.92 Å². The molecule has 0 bridgehead atoms. The number of rotatable bonds is 5. The van der Waals surface area contributed by atoms with E-state index in [1.807, 2.05) is 0 Å². The molecule has 1 N–H and O–H groups in total. The molecule has 2 rings (SSSR count). The molecule has 2 atom stereocenters.